The van der Waals surface area contributed by atoms with Crippen LogP contribution in [0.2, 0.25) is 0 Å². The Bertz CT molecular complexity index is 906. The van der Waals surface area contributed by atoms with Crippen LogP contribution in [0, 0.1) is 0 Å². The van der Waals surface area contributed by atoms with Gasteiger partial charge in [-0.15, -0.1) is 0 Å². The fourth-order valence-electron chi connectivity index (χ4n) is 3.25. The van der Waals surface area contributed by atoms with E-state index in [0.29, 0.717) is 11.3 Å². The molecule has 2 N–H and O–H groups in total. The Morgan fingerprint density at radius 3 is 2.59 bits per heavy atom. The normalized spacial score (nSPS) is 14.9. The summed E-state index contributed by atoms with van der Waals surface area (Å²) < 4.78 is 33.1. The van der Waals surface area contributed by atoms with Crippen molar-refractivity contribution in [1.29, 1.82) is 0 Å². The average molecular weight is 388 g/mol. The van der Waals surface area contributed by atoms with E-state index in [1.54, 1.807) is 31.4 Å². The van der Waals surface area contributed by atoms with Gasteiger partial charge in [0, 0.05) is 23.7 Å². The van der Waals surface area contributed by atoms with Crippen LogP contribution in [0.3, 0.4) is 0 Å². The third kappa shape index (κ3) is 4.87. The number of hydrogen-bond acceptors (Lipinski definition) is 4. The standard InChI is InChI=1S/C20H24N2O4S/c1-26-19-12-5-2-7-16(19)14-21-27(24,25)18-11-6-8-15(13-18)20(23)22-17-9-3-4-10-17/h2,5-8,11-13,17,21H,3-4,9-10,14H2,1H3,(H,22,23). The summed E-state index contributed by atoms with van der Waals surface area (Å²) in [6.07, 6.45) is 4.19. The highest BCUT2D eigenvalue weighted by atomic mass is 32.2. The quantitative estimate of drug-likeness (QED) is 0.764. The fourth-order valence-corrected chi connectivity index (χ4v) is 4.30. The number of benzene rings is 2. The van der Waals surface area contributed by atoms with Crippen molar-refractivity contribution in [3.63, 3.8) is 0 Å². The fraction of sp³-hybridized carbons (Fsp3) is 0.350. The van der Waals surface area contributed by atoms with Gasteiger partial charge < -0.3 is 10.1 Å². The van der Waals surface area contributed by atoms with Crippen molar-refractivity contribution in [2.45, 2.75) is 43.2 Å². The van der Waals surface area contributed by atoms with Crippen molar-refractivity contribution in [3.05, 3.63) is 59.7 Å². The second-order valence-electron chi connectivity index (χ2n) is 6.62. The van der Waals surface area contributed by atoms with E-state index in [1.807, 2.05) is 12.1 Å². The summed E-state index contributed by atoms with van der Waals surface area (Å²) in [5.74, 6) is 0.383. The predicted molar refractivity (Wildman–Crippen MR) is 103 cm³/mol. The number of nitrogens with one attached hydrogen (secondary N) is 2. The second-order valence-corrected chi connectivity index (χ2v) is 8.39. The molecule has 1 aliphatic carbocycles. The molecule has 6 nitrogen and oxygen atoms in total. The Labute approximate surface area is 160 Å². The maximum absolute atomic E-state index is 12.6. The molecule has 0 saturated heterocycles. The number of ether oxygens (including phenoxy) is 1. The molecule has 0 heterocycles. The number of amides is 1. The van der Waals surface area contributed by atoms with E-state index in [0.717, 1.165) is 31.2 Å². The molecular weight excluding hydrogens is 364 g/mol. The van der Waals surface area contributed by atoms with Crippen LogP contribution in [0.15, 0.2) is 53.4 Å². The van der Waals surface area contributed by atoms with Crippen LogP contribution in [-0.4, -0.2) is 27.5 Å². The van der Waals surface area contributed by atoms with E-state index in [4.69, 9.17) is 4.74 Å². The molecule has 0 aromatic heterocycles. The molecule has 0 atom stereocenters. The summed E-state index contributed by atoms with van der Waals surface area (Å²) in [7, 11) is -2.21. The van der Waals surface area contributed by atoms with Crippen LogP contribution >= 0.6 is 0 Å². The molecule has 0 bridgehead atoms. The molecule has 0 spiro atoms. The topological polar surface area (TPSA) is 84.5 Å². The Kier molecular flexibility index (Phi) is 6.13. The number of rotatable bonds is 7. The minimum Gasteiger partial charge on any atom is -0.496 e. The molecule has 27 heavy (non-hydrogen) atoms. The zero-order valence-electron chi connectivity index (χ0n) is 15.3. The van der Waals surface area contributed by atoms with Crippen LogP contribution in [0.5, 0.6) is 5.75 Å². The van der Waals surface area contributed by atoms with E-state index >= 15 is 0 Å². The van der Waals surface area contributed by atoms with E-state index < -0.39 is 10.0 Å². The number of methoxy groups -OCH3 is 1. The van der Waals surface area contributed by atoms with Gasteiger partial charge in [0.05, 0.1) is 12.0 Å². The summed E-state index contributed by atoms with van der Waals surface area (Å²) in [6.45, 7) is 0.102. The molecule has 2 aromatic rings. The monoisotopic (exact) mass is 388 g/mol. The zero-order chi connectivity index (χ0) is 19.3. The number of sulfonamides is 1. The number of carbonyl (C=O) groups is 1. The molecule has 7 heteroatoms. The van der Waals surface area contributed by atoms with Crippen molar-refractivity contribution in [1.82, 2.24) is 10.0 Å². The lowest BCUT2D eigenvalue weighted by Gasteiger charge is -2.13. The average Bonchev–Trinajstić information content (AvgIpc) is 3.19. The molecule has 1 aliphatic rings. The van der Waals surface area contributed by atoms with Gasteiger partial charge in [0.1, 0.15) is 5.75 Å². The Morgan fingerprint density at radius 1 is 1.11 bits per heavy atom. The predicted octanol–water partition coefficient (Wildman–Crippen LogP) is 2.85. The van der Waals surface area contributed by atoms with E-state index in [1.165, 1.54) is 12.1 Å². The first-order chi connectivity index (χ1) is 13.0. The first-order valence-electron chi connectivity index (χ1n) is 9.02. The van der Waals surface area contributed by atoms with Crippen molar-refractivity contribution < 1.29 is 17.9 Å². The third-order valence-corrected chi connectivity index (χ3v) is 6.14. The van der Waals surface area contributed by atoms with Gasteiger partial charge in [0.15, 0.2) is 0 Å². The highest BCUT2D eigenvalue weighted by molar-refractivity contribution is 7.89. The zero-order valence-corrected chi connectivity index (χ0v) is 16.1. The Morgan fingerprint density at radius 2 is 1.85 bits per heavy atom. The molecule has 1 fully saturated rings. The van der Waals surface area contributed by atoms with Gasteiger partial charge in [-0.25, -0.2) is 13.1 Å². The number of hydrogen-bond donors (Lipinski definition) is 2. The van der Waals surface area contributed by atoms with Crippen molar-refractivity contribution in [2.24, 2.45) is 0 Å². The van der Waals surface area contributed by atoms with Gasteiger partial charge >= 0.3 is 0 Å². The highest BCUT2D eigenvalue weighted by Crippen LogP contribution is 2.20. The van der Waals surface area contributed by atoms with Crippen LogP contribution in [0.4, 0.5) is 0 Å². The second kappa shape index (κ2) is 8.54. The van der Waals surface area contributed by atoms with Gasteiger partial charge in [0.2, 0.25) is 10.0 Å². The lowest BCUT2D eigenvalue weighted by molar-refractivity contribution is 0.0937. The molecule has 1 saturated carbocycles. The Balaban J connectivity index is 1.71. The lowest BCUT2D eigenvalue weighted by atomic mass is 10.2. The van der Waals surface area contributed by atoms with Crippen LogP contribution < -0.4 is 14.8 Å². The van der Waals surface area contributed by atoms with Gasteiger partial charge in [-0.05, 0) is 37.1 Å². The van der Waals surface area contributed by atoms with Gasteiger partial charge in [-0.3, -0.25) is 4.79 Å². The first kappa shape index (κ1) is 19.4. The number of para-hydroxylation sites is 1. The van der Waals surface area contributed by atoms with Crippen molar-refractivity contribution in [2.75, 3.05) is 7.11 Å². The summed E-state index contributed by atoms with van der Waals surface area (Å²) in [6, 6.07) is 13.5. The van der Waals surface area contributed by atoms with E-state index in [9.17, 15) is 13.2 Å². The van der Waals surface area contributed by atoms with Crippen molar-refractivity contribution >= 4 is 15.9 Å². The van der Waals surface area contributed by atoms with Crippen LogP contribution in [0.25, 0.3) is 0 Å². The SMILES string of the molecule is COc1ccccc1CNS(=O)(=O)c1cccc(C(=O)NC2CCCC2)c1. The van der Waals surface area contributed by atoms with Crippen LogP contribution in [-0.2, 0) is 16.6 Å². The summed E-state index contributed by atoms with van der Waals surface area (Å²) in [5, 5.41) is 2.98. The first-order valence-corrected chi connectivity index (χ1v) is 10.5. The summed E-state index contributed by atoms with van der Waals surface area (Å²) in [5.41, 5.74) is 1.08. The minimum absolute atomic E-state index is 0.0662. The van der Waals surface area contributed by atoms with E-state index in [2.05, 4.69) is 10.0 Å². The molecule has 1 amide bonds. The molecule has 144 valence electrons. The molecule has 0 aliphatic heterocycles. The Hall–Kier alpha value is -2.38. The third-order valence-electron chi connectivity index (χ3n) is 4.74. The van der Waals surface area contributed by atoms with Gasteiger partial charge in [0.25, 0.3) is 5.91 Å². The molecule has 0 radical (unpaired) electrons. The van der Waals surface area contributed by atoms with Crippen LogP contribution in [0.1, 0.15) is 41.6 Å². The maximum atomic E-state index is 12.6. The lowest BCUT2D eigenvalue weighted by Crippen LogP contribution is -2.32. The summed E-state index contributed by atoms with van der Waals surface area (Å²) in [4.78, 5) is 12.5. The number of carbonyl (C=O) groups excluding carboxylic acids is 1. The van der Waals surface area contributed by atoms with Gasteiger partial charge in [-0.1, -0.05) is 37.1 Å². The molecular formula is C20H24N2O4S. The molecule has 0 unspecified atom stereocenters. The maximum Gasteiger partial charge on any atom is 0.251 e. The van der Waals surface area contributed by atoms with Crippen molar-refractivity contribution in [3.8, 4) is 5.75 Å². The van der Waals surface area contributed by atoms with Gasteiger partial charge in [-0.2, -0.15) is 0 Å². The molecule has 2 aromatic carbocycles. The smallest absolute Gasteiger partial charge is 0.251 e. The minimum atomic E-state index is -3.75. The highest BCUT2D eigenvalue weighted by Gasteiger charge is 2.20. The summed E-state index contributed by atoms with van der Waals surface area (Å²) >= 11 is 0. The molecule has 3 rings (SSSR count). The largest absolute Gasteiger partial charge is 0.496 e. The van der Waals surface area contributed by atoms with E-state index in [-0.39, 0.29) is 23.4 Å².